The summed E-state index contributed by atoms with van der Waals surface area (Å²) in [7, 11) is 4.49. The number of hydrogen-bond donors (Lipinski definition) is 1. The molecule has 4 heteroatoms. The van der Waals surface area contributed by atoms with E-state index in [1.165, 1.54) is 51.1 Å². The highest BCUT2D eigenvalue weighted by Gasteiger charge is 2.08. The van der Waals surface area contributed by atoms with Gasteiger partial charge in [-0.2, -0.15) is 0 Å². The normalized spacial score (nSPS) is 21.8. The van der Waals surface area contributed by atoms with Crippen molar-refractivity contribution in [1.82, 2.24) is 20.0 Å². The van der Waals surface area contributed by atoms with E-state index in [1.807, 2.05) is 0 Å². The molecule has 1 fully saturated rings. The molecule has 0 amide bonds. The highest BCUT2D eigenvalue weighted by Crippen LogP contribution is 2.05. The predicted molar refractivity (Wildman–Crippen MR) is 98.8 cm³/mol. The van der Waals surface area contributed by atoms with Crippen molar-refractivity contribution >= 4 is 0 Å². The molecular weight excluding hydrogens is 284 g/mol. The SMILES string of the molecule is CN1CCCNCCN(Cc2ccccc2)CCCN(C)CC1. The Kier molecular flexibility index (Phi) is 8.61. The van der Waals surface area contributed by atoms with Crippen LogP contribution in [0.3, 0.4) is 0 Å². The van der Waals surface area contributed by atoms with E-state index in [1.54, 1.807) is 0 Å². The number of nitrogens with zero attached hydrogens (tertiary/aromatic N) is 3. The molecule has 0 unspecified atom stereocenters. The smallest absolute Gasteiger partial charge is 0.0234 e. The number of rotatable bonds is 2. The van der Waals surface area contributed by atoms with Gasteiger partial charge in [-0.15, -0.1) is 0 Å². The molecule has 1 aromatic rings. The Labute approximate surface area is 142 Å². The lowest BCUT2D eigenvalue weighted by molar-refractivity contribution is 0.216. The second-order valence-corrected chi connectivity index (χ2v) is 6.83. The average Bonchev–Trinajstić information content (AvgIpc) is 2.56. The summed E-state index contributed by atoms with van der Waals surface area (Å²) < 4.78 is 0. The van der Waals surface area contributed by atoms with Crippen molar-refractivity contribution in [2.45, 2.75) is 19.4 Å². The standard InChI is InChI=1S/C19H34N4/c1-21-12-6-10-20-11-15-23(14-7-13-22(2)17-16-21)18-19-8-4-3-5-9-19/h3-5,8-9,20H,6-7,10-18H2,1-2H3. The zero-order valence-corrected chi connectivity index (χ0v) is 15.0. The van der Waals surface area contributed by atoms with Gasteiger partial charge in [0.2, 0.25) is 0 Å². The van der Waals surface area contributed by atoms with Crippen LogP contribution in [0, 0.1) is 0 Å². The van der Waals surface area contributed by atoms with Gasteiger partial charge in [0.1, 0.15) is 0 Å². The second-order valence-electron chi connectivity index (χ2n) is 6.83. The predicted octanol–water partition coefficient (Wildman–Crippen LogP) is 1.74. The topological polar surface area (TPSA) is 21.8 Å². The number of benzene rings is 1. The first-order valence-corrected chi connectivity index (χ1v) is 9.08. The maximum absolute atomic E-state index is 3.61. The monoisotopic (exact) mass is 318 g/mol. The van der Waals surface area contributed by atoms with E-state index in [0.717, 1.165) is 26.2 Å². The van der Waals surface area contributed by atoms with Crippen molar-refractivity contribution in [1.29, 1.82) is 0 Å². The molecule has 1 aromatic carbocycles. The van der Waals surface area contributed by atoms with Gasteiger partial charge in [-0.25, -0.2) is 0 Å². The minimum atomic E-state index is 1.06. The van der Waals surface area contributed by atoms with Crippen LogP contribution in [0.1, 0.15) is 18.4 Å². The minimum Gasteiger partial charge on any atom is -0.315 e. The third kappa shape index (κ3) is 7.93. The molecule has 1 saturated heterocycles. The van der Waals surface area contributed by atoms with Gasteiger partial charge in [-0.1, -0.05) is 30.3 Å². The summed E-state index contributed by atoms with van der Waals surface area (Å²) in [4.78, 5) is 7.51. The summed E-state index contributed by atoms with van der Waals surface area (Å²) in [6, 6.07) is 10.9. The highest BCUT2D eigenvalue weighted by molar-refractivity contribution is 5.14. The molecule has 0 radical (unpaired) electrons. The fraction of sp³-hybridized carbons (Fsp3) is 0.684. The van der Waals surface area contributed by atoms with E-state index in [0.29, 0.717) is 0 Å². The van der Waals surface area contributed by atoms with Crippen molar-refractivity contribution in [3.63, 3.8) is 0 Å². The van der Waals surface area contributed by atoms with Gasteiger partial charge < -0.3 is 15.1 Å². The molecule has 130 valence electrons. The van der Waals surface area contributed by atoms with Crippen LogP contribution in [0.15, 0.2) is 30.3 Å². The van der Waals surface area contributed by atoms with E-state index in [4.69, 9.17) is 0 Å². The van der Waals surface area contributed by atoms with Gasteiger partial charge in [0.05, 0.1) is 0 Å². The number of likely N-dealkylation sites (N-methyl/N-ethyl adjacent to an activating group) is 2. The molecule has 23 heavy (non-hydrogen) atoms. The molecule has 4 nitrogen and oxygen atoms in total. The van der Waals surface area contributed by atoms with Crippen molar-refractivity contribution in [3.05, 3.63) is 35.9 Å². The lowest BCUT2D eigenvalue weighted by Gasteiger charge is -2.26. The van der Waals surface area contributed by atoms with Crippen LogP contribution < -0.4 is 5.32 Å². The van der Waals surface area contributed by atoms with Gasteiger partial charge in [0, 0.05) is 32.7 Å². The maximum Gasteiger partial charge on any atom is 0.0234 e. The zero-order valence-electron chi connectivity index (χ0n) is 15.0. The van der Waals surface area contributed by atoms with Gasteiger partial charge in [-0.05, 0) is 58.7 Å². The highest BCUT2D eigenvalue weighted by atomic mass is 15.2. The summed E-state index contributed by atoms with van der Waals surface area (Å²) in [5.74, 6) is 0. The van der Waals surface area contributed by atoms with E-state index in [9.17, 15) is 0 Å². The van der Waals surface area contributed by atoms with Crippen LogP contribution in [0.4, 0.5) is 0 Å². The number of hydrogen-bond acceptors (Lipinski definition) is 4. The fourth-order valence-electron chi connectivity index (χ4n) is 3.08. The van der Waals surface area contributed by atoms with E-state index in [2.05, 4.69) is 64.4 Å². The third-order valence-corrected chi connectivity index (χ3v) is 4.62. The first-order valence-electron chi connectivity index (χ1n) is 9.08. The van der Waals surface area contributed by atoms with Crippen LogP contribution in [-0.2, 0) is 6.54 Å². The van der Waals surface area contributed by atoms with Crippen LogP contribution in [0.25, 0.3) is 0 Å². The Morgan fingerprint density at radius 3 is 2.22 bits per heavy atom. The largest absolute Gasteiger partial charge is 0.315 e. The van der Waals surface area contributed by atoms with Crippen LogP contribution in [0.2, 0.25) is 0 Å². The fourth-order valence-corrected chi connectivity index (χ4v) is 3.08. The van der Waals surface area contributed by atoms with Crippen LogP contribution in [0.5, 0.6) is 0 Å². The molecule has 0 bridgehead atoms. The van der Waals surface area contributed by atoms with Crippen molar-refractivity contribution in [2.75, 3.05) is 66.5 Å². The van der Waals surface area contributed by atoms with Gasteiger partial charge >= 0.3 is 0 Å². The summed E-state index contributed by atoms with van der Waals surface area (Å²) in [5.41, 5.74) is 1.42. The Morgan fingerprint density at radius 2 is 1.48 bits per heavy atom. The first kappa shape index (κ1) is 18.4. The molecule has 0 saturated carbocycles. The molecule has 0 atom stereocenters. The summed E-state index contributed by atoms with van der Waals surface area (Å²) >= 11 is 0. The summed E-state index contributed by atoms with van der Waals surface area (Å²) in [6.07, 6.45) is 2.48. The zero-order chi connectivity index (χ0) is 16.3. The third-order valence-electron chi connectivity index (χ3n) is 4.62. The minimum absolute atomic E-state index is 1.06. The molecule has 0 aliphatic carbocycles. The van der Waals surface area contributed by atoms with E-state index < -0.39 is 0 Å². The van der Waals surface area contributed by atoms with Gasteiger partial charge in [-0.3, -0.25) is 4.90 Å². The molecule has 1 aliphatic heterocycles. The van der Waals surface area contributed by atoms with E-state index in [-0.39, 0.29) is 0 Å². The number of nitrogens with one attached hydrogen (secondary N) is 1. The van der Waals surface area contributed by atoms with Crippen molar-refractivity contribution in [2.24, 2.45) is 0 Å². The average molecular weight is 319 g/mol. The van der Waals surface area contributed by atoms with Gasteiger partial charge in [0.25, 0.3) is 0 Å². The molecule has 1 aliphatic rings. The molecule has 0 spiro atoms. The Hall–Kier alpha value is -0.940. The first-order chi connectivity index (χ1) is 11.2. The lowest BCUT2D eigenvalue weighted by Crippen LogP contribution is -2.37. The molecule has 1 N–H and O–H groups in total. The molecular formula is C19H34N4. The van der Waals surface area contributed by atoms with Crippen molar-refractivity contribution < 1.29 is 0 Å². The Bertz CT molecular complexity index is 409. The van der Waals surface area contributed by atoms with Crippen molar-refractivity contribution in [3.8, 4) is 0 Å². The van der Waals surface area contributed by atoms with E-state index >= 15 is 0 Å². The van der Waals surface area contributed by atoms with Crippen LogP contribution in [-0.4, -0.2) is 81.2 Å². The van der Waals surface area contributed by atoms with Crippen LogP contribution >= 0.6 is 0 Å². The lowest BCUT2D eigenvalue weighted by atomic mass is 10.2. The Morgan fingerprint density at radius 1 is 0.783 bits per heavy atom. The molecule has 2 rings (SSSR count). The summed E-state index contributed by atoms with van der Waals surface area (Å²) in [5, 5.41) is 3.61. The van der Waals surface area contributed by atoms with Gasteiger partial charge in [0.15, 0.2) is 0 Å². The summed E-state index contributed by atoms with van der Waals surface area (Å²) in [6.45, 7) is 10.3. The molecule has 0 aromatic heterocycles. The maximum atomic E-state index is 3.61. The quantitative estimate of drug-likeness (QED) is 0.896. The molecule has 1 heterocycles. The second kappa shape index (κ2) is 10.8. The Balaban J connectivity index is 1.84.